The molecule has 2 aromatic carbocycles. The van der Waals surface area contributed by atoms with Gasteiger partial charge in [-0.15, -0.1) is 0 Å². The molecule has 1 saturated carbocycles. The number of nitrogens with zero attached hydrogens (tertiary/aromatic N) is 2. The molecule has 0 spiro atoms. The fourth-order valence-corrected chi connectivity index (χ4v) is 5.53. The molecule has 1 N–H and O–H groups in total. The van der Waals surface area contributed by atoms with Gasteiger partial charge in [-0.3, -0.25) is 13.9 Å². The maximum atomic E-state index is 13.6. The van der Waals surface area contributed by atoms with Gasteiger partial charge >= 0.3 is 0 Å². The quantitative estimate of drug-likeness (QED) is 0.462. The van der Waals surface area contributed by atoms with Crippen LogP contribution in [-0.4, -0.2) is 50.0 Å². The van der Waals surface area contributed by atoms with Crippen LogP contribution in [0.3, 0.4) is 0 Å². The third kappa shape index (κ3) is 7.95. The Balaban J connectivity index is 1.86. The van der Waals surface area contributed by atoms with E-state index < -0.39 is 28.5 Å². The Hall–Kier alpha value is -2.10. The minimum Gasteiger partial charge on any atom is -0.352 e. The first-order chi connectivity index (χ1) is 16.5. The fraction of sp³-hybridized carbons (Fsp3) is 0.440. The summed E-state index contributed by atoms with van der Waals surface area (Å²) in [5.41, 5.74) is 1.11. The predicted octanol–water partition coefficient (Wildman–Crippen LogP) is 4.73. The van der Waals surface area contributed by atoms with E-state index in [1.165, 1.54) is 11.3 Å². The van der Waals surface area contributed by atoms with E-state index in [1.807, 2.05) is 6.07 Å². The Morgan fingerprint density at radius 1 is 1.11 bits per heavy atom. The lowest BCUT2D eigenvalue weighted by Crippen LogP contribution is -2.52. The summed E-state index contributed by atoms with van der Waals surface area (Å²) in [5, 5.41) is 3.59. The zero-order valence-corrected chi connectivity index (χ0v) is 23.1. The lowest BCUT2D eigenvalue weighted by molar-refractivity contribution is -0.139. The maximum Gasteiger partial charge on any atom is 0.244 e. The molecule has 0 aromatic heterocycles. The number of amides is 2. The van der Waals surface area contributed by atoms with Crippen molar-refractivity contribution in [3.8, 4) is 0 Å². The molecule has 0 heterocycles. The molecule has 7 nitrogen and oxygen atoms in total. The minimum atomic E-state index is -3.76. The molecule has 0 bridgehead atoms. The monoisotopic (exact) mass is 583 g/mol. The number of benzene rings is 2. The molecule has 1 fully saturated rings. The Morgan fingerprint density at radius 3 is 2.37 bits per heavy atom. The molecule has 10 heteroatoms. The van der Waals surface area contributed by atoms with Gasteiger partial charge < -0.3 is 10.2 Å². The van der Waals surface area contributed by atoms with Crippen molar-refractivity contribution in [2.45, 2.75) is 57.7 Å². The van der Waals surface area contributed by atoms with E-state index >= 15 is 0 Å². The number of carbonyl (C=O) groups is 2. The normalized spacial score (nSPS) is 15.3. The largest absolute Gasteiger partial charge is 0.352 e. The van der Waals surface area contributed by atoms with Crippen LogP contribution in [0.15, 0.2) is 53.0 Å². The van der Waals surface area contributed by atoms with E-state index in [9.17, 15) is 18.0 Å². The van der Waals surface area contributed by atoms with Crippen LogP contribution in [-0.2, 0) is 26.2 Å². The zero-order chi connectivity index (χ0) is 25.6. The van der Waals surface area contributed by atoms with Crippen LogP contribution in [0.1, 0.15) is 44.6 Å². The second kappa shape index (κ2) is 12.2. The average molecular weight is 585 g/mol. The summed E-state index contributed by atoms with van der Waals surface area (Å²) >= 11 is 9.48. The third-order valence-electron chi connectivity index (χ3n) is 6.15. The molecular formula is C25H31BrClN3O4S. The van der Waals surface area contributed by atoms with Crippen molar-refractivity contribution in [2.24, 2.45) is 0 Å². The first-order valence-corrected chi connectivity index (χ1v) is 14.6. The Kier molecular flexibility index (Phi) is 9.61. The number of hydrogen-bond acceptors (Lipinski definition) is 4. The first kappa shape index (κ1) is 27.5. The number of hydrogen-bond donors (Lipinski definition) is 1. The van der Waals surface area contributed by atoms with Gasteiger partial charge in [-0.1, -0.05) is 58.9 Å². The molecule has 0 aliphatic heterocycles. The van der Waals surface area contributed by atoms with Crippen molar-refractivity contribution in [1.82, 2.24) is 10.2 Å². The first-order valence-electron chi connectivity index (χ1n) is 11.6. The third-order valence-corrected chi connectivity index (χ3v) is 8.06. The van der Waals surface area contributed by atoms with Gasteiger partial charge in [-0.05, 0) is 61.7 Å². The summed E-state index contributed by atoms with van der Waals surface area (Å²) in [7, 11) is -3.76. The molecule has 2 aromatic rings. The van der Waals surface area contributed by atoms with Gasteiger partial charge in [0, 0.05) is 22.1 Å². The van der Waals surface area contributed by atoms with Crippen LogP contribution in [0.25, 0.3) is 0 Å². The number of nitrogens with one attached hydrogen (secondary N) is 1. The molecule has 190 valence electrons. The Labute approximate surface area is 221 Å². The van der Waals surface area contributed by atoms with Crippen molar-refractivity contribution < 1.29 is 18.0 Å². The maximum absolute atomic E-state index is 13.6. The molecule has 1 aliphatic rings. The molecule has 0 radical (unpaired) electrons. The number of sulfonamides is 1. The minimum absolute atomic E-state index is 0.0945. The molecule has 2 amide bonds. The summed E-state index contributed by atoms with van der Waals surface area (Å²) < 4.78 is 27.0. The lowest BCUT2D eigenvalue weighted by atomic mass is 9.95. The van der Waals surface area contributed by atoms with Gasteiger partial charge in [0.25, 0.3) is 0 Å². The number of rotatable bonds is 9. The summed E-state index contributed by atoms with van der Waals surface area (Å²) in [4.78, 5) is 28.1. The van der Waals surface area contributed by atoms with Crippen LogP contribution >= 0.6 is 27.5 Å². The SMILES string of the molecule is CC(C(=O)NC1CCCCC1)N(Cc1cccc(Cl)c1)C(=O)CN(c1ccc(Br)cc1)S(C)(=O)=O. The van der Waals surface area contributed by atoms with Gasteiger partial charge in [-0.25, -0.2) is 8.42 Å². The van der Waals surface area contributed by atoms with E-state index in [-0.39, 0.29) is 18.5 Å². The number of carbonyl (C=O) groups excluding carboxylic acids is 2. The van der Waals surface area contributed by atoms with Gasteiger partial charge in [0.2, 0.25) is 21.8 Å². The number of anilines is 1. The predicted molar refractivity (Wildman–Crippen MR) is 143 cm³/mol. The van der Waals surface area contributed by atoms with Crippen molar-refractivity contribution >= 4 is 55.1 Å². The molecule has 35 heavy (non-hydrogen) atoms. The van der Waals surface area contributed by atoms with E-state index in [2.05, 4.69) is 21.2 Å². The number of halogens is 2. The standard InChI is InChI=1S/C25H31BrClN3O4S/c1-18(25(32)28-22-9-4-3-5-10-22)29(16-19-7-6-8-21(27)15-19)24(31)17-30(35(2,33)34)23-13-11-20(26)12-14-23/h6-8,11-15,18,22H,3-5,9-10,16-17H2,1-2H3,(H,28,32). The Morgan fingerprint density at radius 2 is 1.77 bits per heavy atom. The van der Waals surface area contributed by atoms with E-state index in [4.69, 9.17) is 11.6 Å². The highest BCUT2D eigenvalue weighted by molar-refractivity contribution is 9.10. The van der Waals surface area contributed by atoms with E-state index in [0.29, 0.717) is 10.7 Å². The molecule has 1 aliphatic carbocycles. The lowest BCUT2D eigenvalue weighted by Gasteiger charge is -2.33. The summed E-state index contributed by atoms with van der Waals surface area (Å²) in [5.74, 6) is -0.730. The highest BCUT2D eigenvalue weighted by atomic mass is 79.9. The van der Waals surface area contributed by atoms with Gasteiger partial charge in [0.15, 0.2) is 0 Å². The smallest absolute Gasteiger partial charge is 0.244 e. The van der Waals surface area contributed by atoms with Crippen molar-refractivity contribution in [1.29, 1.82) is 0 Å². The van der Waals surface area contributed by atoms with Crippen molar-refractivity contribution in [3.63, 3.8) is 0 Å². The van der Waals surface area contributed by atoms with Gasteiger partial charge in [-0.2, -0.15) is 0 Å². The van der Waals surface area contributed by atoms with Gasteiger partial charge in [0.1, 0.15) is 12.6 Å². The van der Waals surface area contributed by atoms with Crippen molar-refractivity contribution in [3.05, 3.63) is 63.6 Å². The molecule has 0 saturated heterocycles. The second-order valence-electron chi connectivity index (χ2n) is 8.92. The molecule has 1 unspecified atom stereocenters. The zero-order valence-electron chi connectivity index (χ0n) is 19.9. The molecular weight excluding hydrogens is 554 g/mol. The summed E-state index contributed by atoms with van der Waals surface area (Å²) in [6, 6.07) is 13.0. The highest BCUT2D eigenvalue weighted by Crippen LogP contribution is 2.23. The molecule has 1 atom stereocenters. The van der Waals surface area contributed by atoms with Crippen LogP contribution in [0, 0.1) is 0 Å². The molecule has 3 rings (SSSR count). The van der Waals surface area contributed by atoms with E-state index in [1.54, 1.807) is 49.4 Å². The van der Waals surface area contributed by atoms with Crippen LogP contribution in [0.5, 0.6) is 0 Å². The van der Waals surface area contributed by atoms with Crippen LogP contribution < -0.4 is 9.62 Å². The highest BCUT2D eigenvalue weighted by Gasteiger charge is 2.31. The fourth-order valence-electron chi connectivity index (χ4n) is 4.20. The average Bonchev–Trinajstić information content (AvgIpc) is 2.81. The van der Waals surface area contributed by atoms with E-state index in [0.717, 1.165) is 46.3 Å². The topological polar surface area (TPSA) is 86.8 Å². The van der Waals surface area contributed by atoms with Crippen LogP contribution in [0.2, 0.25) is 5.02 Å². The summed E-state index contributed by atoms with van der Waals surface area (Å²) in [6.45, 7) is 1.36. The van der Waals surface area contributed by atoms with Crippen molar-refractivity contribution in [2.75, 3.05) is 17.1 Å². The Bertz CT molecular complexity index is 1140. The summed E-state index contributed by atoms with van der Waals surface area (Å²) in [6.07, 6.45) is 6.21. The van der Waals surface area contributed by atoms with Crippen LogP contribution in [0.4, 0.5) is 5.69 Å². The second-order valence-corrected chi connectivity index (χ2v) is 12.2. The van der Waals surface area contributed by atoms with Gasteiger partial charge in [0.05, 0.1) is 11.9 Å².